The van der Waals surface area contributed by atoms with Crippen LogP contribution in [0.2, 0.25) is 0 Å². The summed E-state index contributed by atoms with van der Waals surface area (Å²) >= 11 is 0. The minimum absolute atomic E-state index is 0.0614. The van der Waals surface area contributed by atoms with Gasteiger partial charge in [-0.25, -0.2) is 9.37 Å². The Hall–Kier alpha value is -3.74. The standard InChI is InChI=1S/C21H19F3N6O/c1-20(22)8-4-10-27-19(20)30-18(31)11-15-14(12-25)6-7-17(29-15)28-13-21(23,24)16-5-2-3-9-26-16/h2-10,19H,11,13H2,1H3,(H,28,29)(H,30,31). The first-order valence-corrected chi connectivity index (χ1v) is 9.34. The van der Waals surface area contributed by atoms with E-state index in [1.165, 1.54) is 61.8 Å². The largest absolute Gasteiger partial charge is 0.364 e. The van der Waals surface area contributed by atoms with E-state index in [0.717, 1.165) is 0 Å². The first-order chi connectivity index (χ1) is 14.7. The van der Waals surface area contributed by atoms with Gasteiger partial charge >= 0.3 is 5.92 Å². The van der Waals surface area contributed by atoms with Crippen LogP contribution in [0.1, 0.15) is 23.9 Å². The Bertz CT molecular complexity index is 1050. The molecule has 160 valence electrons. The molecular formula is C21H19F3N6O. The van der Waals surface area contributed by atoms with Gasteiger partial charge in [0.05, 0.1) is 24.2 Å². The number of pyridine rings is 2. The second-order valence-electron chi connectivity index (χ2n) is 7.03. The fraction of sp³-hybridized carbons (Fsp3) is 0.286. The number of rotatable bonds is 7. The van der Waals surface area contributed by atoms with Crippen LogP contribution in [0.4, 0.5) is 19.0 Å². The number of hydrogen-bond acceptors (Lipinski definition) is 6. The van der Waals surface area contributed by atoms with Crippen LogP contribution in [-0.2, 0) is 17.1 Å². The van der Waals surface area contributed by atoms with Gasteiger partial charge in [0.15, 0.2) is 11.8 Å². The smallest absolute Gasteiger partial charge is 0.306 e. The molecule has 2 N–H and O–H groups in total. The zero-order valence-corrected chi connectivity index (χ0v) is 16.5. The van der Waals surface area contributed by atoms with Crippen LogP contribution >= 0.6 is 0 Å². The quantitative estimate of drug-likeness (QED) is 0.706. The number of nitriles is 1. The predicted molar refractivity (Wildman–Crippen MR) is 108 cm³/mol. The molecule has 0 radical (unpaired) electrons. The first-order valence-electron chi connectivity index (χ1n) is 9.34. The Morgan fingerprint density at radius 2 is 2.13 bits per heavy atom. The summed E-state index contributed by atoms with van der Waals surface area (Å²) in [5.41, 5.74) is -2.09. The number of allylic oxidation sites excluding steroid dienone is 1. The third kappa shape index (κ3) is 5.45. The minimum Gasteiger partial charge on any atom is -0.364 e. The number of hydrogen-bond donors (Lipinski definition) is 2. The zero-order chi connectivity index (χ0) is 22.5. The fourth-order valence-corrected chi connectivity index (χ4v) is 2.85. The van der Waals surface area contributed by atoms with Crippen molar-refractivity contribution in [3.05, 3.63) is 65.6 Å². The van der Waals surface area contributed by atoms with E-state index in [1.54, 1.807) is 0 Å². The predicted octanol–water partition coefficient (Wildman–Crippen LogP) is 2.91. The number of carbonyl (C=O) groups excluding carboxylic acids is 1. The van der Waals surface area contributed by atoms with Crippen molar-refractivity contribution in [2.45, 2.75) is 31.1 Å². The summed E-state index contributed by atoms with van der Waals surface area (Å²) in [5.74, 6) is -3.81. The van der Waals surface area contributed by atoms with Crippen molar-refractivity contribution in [2.24, 2.45) is 4.99 Å². The van der Waals surface area contributed by atoms with E-state index in [1.807, 2.05) is 6.07 Å². The molecule has 0 aliphatic carbocycles. The van der Waals surface area contributed by atoms with E-state index in [2.05, 4.69) is 25.6 Å². The van der Waals surface area contributed by atoms with Gasteiger partial charge in [0.2, 0.25) is 5.91 Å². The second kappa shape index (κ2) is 8.95. The maximum atomic E-state index is 14.4. The molecule has 1 amide bonds. The van der Waals surface area contributed by atoms with Gasteiger partial charge in [0.1, 0.15) is 17.6 Å². The summed E-state index contributed by atoms with van der Waals surface area (Å²) in [4.78, 5) is 24.1. The molecule has 0 saturated heterocycles. The van der Waals surface area contributed by atoms with E-state index in [4.69, 9.17) is 0 Å². The maximum Gasteiger partial charge on any atom is 0.306 e. The molecule has 1 aliphatic heterocycles. The maximum absolute atomic E-state index is 14.4. The lowest BCUT2D eigenvalue weighted by atomic mass is 10.0. The summed E-state index contributed by atoms with van der Waals surface area (Å²) in [5, 5.41) is 14.2. The van der Waals surface area contributed by atoms with Crippen LogP contribution in [0.25, 0.3) is 0 Å². The molecule has 2 aromatic rings. The Morgan fingerprint density at radius 1 is 1.32 bits per heavy atom. The number of aliphatic imine (C=N–C) groups is 1. The molecule has 7 nitrogen and oxygen atoms in total. The number of halogens is 3. The van der Waals surface area contributed by atoms with Crippen molar-refractivity contribution in [3.63, 3.8) is 0 Å². The van der Waals surface area contributed by atoms with Crippen molar-refractivity contribution < 1.29 is 18.0 Å². The average molecular weight is 428 g/mol. The van der Waals surface area contributed by atoms with Gasteiger partial charge in [-0.05, 0) is 43.3 Å². The minimum atomic E-state index is -3.26. The van der Waals surface area contributed by atoms with Gasteiger partial charge in [-0.3, -0.25) is 14.8 Å². The van der Waals surface area contributed by atoms with E-state index in [9.17, 15) is 23.2 Å². The van der Waals surface area contributed by atoms with Crippen LogP contribution in [-0.4, -0.2) is 40.5 Å². The number of dihydropyridines is 1. The highest BCUT2D eigenvalue weighted by atomic mass is 19.3. The summed E-state index contributed by atoms with van der Waals surface area (Å²) in [6, 6.07) is 8.85. The lowest BCUT2D eigenvalue weighted by Gasteiger charge is -2.27. The Morgan fingerprint density at radius 3 is 2.81 bits per heavy atom. The monoisotopic (exact) mass is 428 g/mol. The SMILES string of the molecule is CC1(F)C=CC=NC1NC(=O)Cc1nc(NCC(F)(F)c2ccccn2)ccc1C#N. The number of amides is 1. The molecule has 0 bridgehead atoms. The van der Waals surface area contributed by atoms with Crippen LogP contribution in [0.15, 0.2) is 53.7 Å². The summed E-state index contributed by atoms with van der Waals surface area (Å²) in [6.45, 7) is 0.494. The van der Waals surface area contributed by atoms with Crippen molar-refractivity contribution in [1.82, 2.24) is 15.3 Å². The molecule has 2 atom stereocenters. The highest BCUT2D eigenvalue weighted by molar-refractivity contribution is 5.80. The Kier molecular flexibility index (Phi) is 6.34. The zero-order valence-electron chi connectivity index (χ0n) is 16.5. The van der Waals surface area contributed by atoms with Crippen LogP contribution in [0.5, 0.6) is 0 Å². The molecule has 0 saturated carbocycles. The van der Waals surface area contributed by atoms with Crippen molar-refractivity contribution in [1.29, 1.82) is 5.26 Å². The summed E-state index contributed by atoms with van der Waals surface area (Å²) in [6.07, 6.45) is 3.89. The third-order valence-electron chi connectivity index (χ3n) is 4.53. The highest BCUT2D eigenvalue weighted by Crippen LogP contribution is 2.26. The molecular weight excluding hydrogens is 409 g/mol. The van der Waals surface area contributed by atoms with E-state index >= 15 is 0 Å². The van der Waals surface area contributed by atoms with Gasteiger partial charge in [-0.2, -0.15) is 14.0 Å². The van der Waals surface area contributed by atoms with Gasteiger partial charge < -0.3 is 10.6 Å². The van der Waals surface area contributed by atoms with E-state index in [-0.39, 0.29) is 23.5 Å². The van der Waals surface area contributed by atoms with Crippen molar-refractivity contribution in [3.8, 4) is 6.07 Å². The summed E-state index contributed by atoms with van der Waals surface area (Å²) < 4.78 is 43.0. The molecule has 1 aliphatic rings. The molecule has 2 unspecified atom stereocenters. The lowest BCUT2D eigenvalue weighted by molar-refractivity contribution is -0.122. The topological polar surface area (TPSA) is 103 Å². The van der Waals surface area contributed by atoms with Gasteiger partial charge in [0, 0.05) is 12.4 Å². The molecule has 0 spiro atoms. The molecule has 2 aromatic heterocycles. The molecule has 31 heavy (non-hydrogen) atoms. The highest BCUT2D eigenvalue weighted by Gasteiger charge is 2.34. The Balaban J connectivity index is 1.69. The normalized spacial score (nSPS) is 20.2. The van der Waals surface area contributed by atoms with Gasteiger partial charge in [-0.15, -0.1) is 0 Å². The number of aromatic nitrogens is 2. The second-order valence-corrected chi connectivity index (χ2v) is 7.03. The average Bonchev–Trinajstić information content (AvgIpc) is 2.74. The number of nitrogens with zero attached hydrogens (tertiary/aromatic N) is 4. The summed E-state index contributed by atoms with van der Waals surface area (Å²) in [7, 11) is 0. The van der Waals surface area contributed by atoms with Crippen LogP contribution in [0, 0.1) is 11.3 Å². The fourth-order valence-electron chi connectivity index (χ4n) is 2.85. The van der Waals surface area contributed by atoms with Crippen molar-refractivity contribution >= 4 is 17.9 Å². The lowest BCUT2D eigenvalue weighted by Crippen LogP contribution is -2.47. The van der Waals surface area contributed by atoms with Crippen LogP contribution < -0.4 is 10.6 Å². The molecule has 10 heteroatoms. The van der Waals surface area contributed by atoms with Gasteiger partial charge in [-0.1, -0.05) is 6.07 Å². The Labute approximate surface area is 176 Å². The number of alkyl halides is 3. The molecule has 0 aromatic carbocycles. The van der Waals surface area contributed by atoms with E-state index in [0.29, 0.717) is 0 Å². The number of anilines is 1. The van der Waals surface area contributed by atoms with E-state index < -0.39 is 35.9 Å². The van der Waals surface area contributed by atoms with Crippen LogP contribution in [0.3, 0.4) is 0 Å². The number of carbonyl (C=O) groups is 1. The van der Waals surface area contributed by atoms with Gasteiger partial charge in [0.25, 0.3) is 0 Å². The number of nitrogens with one attached hydrogen (secondary N) is 2. The molecule has 0 fully saturated rings. The third-order valence-corrected chi connectivity index (χ3v) is 4.53. The molecule has 3 heterocycles. The molecule has 3 rings (SSSR count). The van der Waals surface area contributed by atoms with Crippen molar-refractivity contribution in [2.75, 3.05) is 11.9 Å². The first kappa shape index (κ1) is 22.0.